The molecule has 2 aliphatic carbocycles. The average Bonchev–Trinajstić information content (AvgIpc) is 3.04. The van der Waals surface area contributed by atoms with Crippen LogP contribution in [-0.2, 0) is 0 Å². The predicted molar refractivity (Wildman–Crippen MR) is 84.3 cm³/mol. The van der Waals surface area contributed by atoms with Crippen LogP contribution in [0.2, 0.25) is 0 Å². The molecule has 2 bridgehead atoms. The Hall–Kier alpha value is -0.300. The number of hydrogen-bond donors (Lipinski definition) is 1. The Kier molecular flexibility index (Phi) is 6.43. The summed E-state index contributed by atoms with van der Waals surface area (Å²) in [6.45, 7) is 7.31. The molecule has 0 aromatic heterocycles. The second kappa shape index (κ2) is 8.09. The van der Waals surface area contributed by atoms with Gasteiger partial charge in [-0.05, 0) is 69.2 Å². The first-order valence-electron chi connectivity index (χ1n) is 8.69. The highest BCUT2D eigenvalue weighted by Crippen LogP contribution is 2.50. The van der Waals surface area contributed by atoms with Gasteiger partial charge in [0.1, 0.15) is 0 Å². The number of rotatable bonds is 10. The number of nitrogens with one attached hydrogen (secondary N) is 1. The van der Waals surface area contributed by atoms with Crippen LogP contribution in [0.15, 0.2) is 12.7 Å². The van der Waals surface area contributed by atoms with Gasteiger partial charge in [-0.15, -0.1) is 6.58 Å². The maximum absolute atomic E-state index is 3.87. The smallest absolute Gasteiger partial charge is 0.00980 e. The third-order valence-corrected chi connectivity index (χ3v) is 5.39. The molecule has 0 amide bonds. The van der Waals surface area contributed by atoms with Crippen LogP contribution in [-0.4, -0.2) is 12.6 Å². The Morgan fingerprint density at radius 2 is 2.11 bits per heavy atom. The van der Waals surface area contributed by atoms with E-state index in [1.807, 2.05) is 0 Å². The van der Waals surface area contributed by atoms with Crippen molar-refractivity contribution in [2.75, 3.05) is 6.54 Å². The van der Waals surface area contributed by atoms with E-state index in [4.69, 9.17) is 0 Å². The van der Waals surface area contributed by atoms with Crippen molar-refractivity contribution < 1.29 is 0 Å². The number of allylic oxidation sites excluding steroid dienone is 1. The lowest BCUT2D eigenvalue weighted by molar-refractivity contribution is 0.235. The van der Waals surface area contributed by atoms with Crippen LogP contribution in [0.1, 0.15) is 71.1 Å². The minimum Gasteiger partial charge on any atom is -0.314 e. The lowest BCUT2D eigenvalue weighted by Gasteiger charge is -2.31. The molecule has 2 rings (SSSR count). The topological polar surface area (TPSA) is 12.0 Å². The SMILES string of the molecule is C=CCCCCCC(NCCC)C1CC2CCC1C2. The summed E-state index contributed by atoms with van der Waals surface area (Å²) in [4.78, 5) is 0. The van der Waals surface area contributed by atoms with Crippen LogP contribution in [0.4, 0.5) is 0 Å². The van der Waals surface area contributed by atoms with Crippen molar-refractivity contribution in [1.82, 2.24) is 5.32 Å². The summed E-state index contributed by atoms with van der Waals surface area (Å²) < 4.78 is 0. The standard InChI is InChI=1S/C18H33N/c1-3-5-6-7-8-9-18(19-12-4-2)17-14-15-10-11-16(17)13-15/h3,15-19H,1,4-14H2,2H3. The van der Waals surface area contributed by atoms with Gasteiger partial charge in [-0.3, -0.25) is 0 Å². The van der Waals surface area contributed by atoms with Crippen LogP contribution in [0.25, 0.3) is 0 Å². The highest BCUT2D eigenvalue weighted by Gasteiger charge is 2.42. The van der Waals surface area contributed by atoms with Crippen LogP contribution in [0.3, 0.4) is 0 Å². The number of hydrogen-bond acceptors (Lipinski definition) is 1. The van der Waals surface area contributed by atoms with E-state index >= 15 is 0 Å². The van der Waals surface area contributed by atoms with Crippen molar-refractivity contribution >= 4 is 0 Å². The summed E-state index contributed by atoms with van der Waals surface area (Å²) in [5.74, 6) is 3.15. The lowest BCUT2D eigenvalue weighted by atomic mass is 9.81. The molecular weight excluding hydrogens is 230 g/mol. The predicted octanol–water partition coefficient (Wildman–Crippen LogP) is 4.93. The molecular formula is C18H33N. The van der Waals surface area contributed by atoms with Crippen LogP contribution in [0, 0.1) is 17.8 Å². The molecule has 0 radical (unpaired) electrons. The highest BCUT2D eigenvalue weighted by atomic mass is 14.9. The molecule has 0 spiro atoms. The van der Waals surface area contributed by atoms with Gasteiger partial charge in [-0.2, -0.15) is 0 Å². The van der Waals surface area contributed by atoms with Crippen molar-refractivity contribution in [3.8, 4) is 0 Å². The Bertz CT molecular complexity index is 260. The molecule has 4 atom stereocenters. The first-order chi connectivity index (χ1) is 9.35. The molecule has 1 nitrogen and oxygen atoms in total. The van der Waals surface area contributed by atoms with Crippen LogP contribution < -0.4 is 5.32 Å². The van der Waals surface area contributed by atoms with E-state index in [1.54, 1.807) is 6.42 Å². The molecule has 0 heterocycles. The van der Waals surface area contributed by atoms with E-state index in [-0.39, 0.29) is 0 Å². The van der Waals surface area contributed by atoms with Gasteiger partial charge in [-0.1, -0.05) is 32.3 Å². The van der Waals surface area contributed by atoms with Crippen molar-refractivity contribution in [2.24, 2.45) is 17.8 Å². The lowest BCUT2D eigenvalue weighted by Crippen LogP contribution is -2.39. The van der Waals surface area contributed by atoms with Crippen molar-refractivity contribution in [3.63, 3.8) is 0 Å². The van der Waals surface area contributed by atoms with Crippen molar-refractivity contribution in [2.45, 2.75) is 77.2 Å². The summed E-state index contributed by atoms with van der Waals surface area (Å²) in [6.07, 6.45) is 16.2. The van der Waals surface area contributed by atoms with Gasteiger partial charge in [-0.25, -0.2) is 0 Å². The third-order valence-electron chi connectivity index (χ3n) is 5.39. The van der Waals surface area contributed by atoms with Crippen molar-refractivity contribution in [3.05, 3.63) is 12.7 Å². The summed E-state index contributed by atoms with van der Waals surface area (Å²) in [5, 5.41) is 3.87. The average molecular weight is 263 g/mol. The summed E-state index contributed by atoms with van der Waals surface area (Å²) in [6, 6.07) is 0.819. The number of unbranched alkanes of at least 4 members (excludes halogenated alkanes) is 3. The molecule has 0 aliphatic heterocycles. The molecule has 0 aromatic carbocycles. The first kappa shape index (κ1) is 15.1. The van der Waals surface area contributed by atoms with E-state index in [9.17, 15) is 0 Å². The van der Waals surface area contributed by atoms with Gasteiger partial charge >= 0.3 is 0 Å². The molecule has 110 valence electrons. The Balaban J connectivity index is 1.73. The van der Waals surface area contributed by atoms with Crippen LogP contribution >= 0.6 is 0 Å². The summed E-state index contributed by atoms with van der Waals surface area (Å²) >= 11 is 0. The largest absolute Gasteiger partial charge is 0.314 e. The maximum Gasteiger partial charge on any atom is 0.00980 e. The quantitative estimate of drug-likeness (QED) is 0.435. The molecule has 2 saturated carbocycles. The van der Waals surface area contributed by atoms with Crippen LogP contribution in [0.5, 0.6) is 0 Å². The Morgan fingerprint density at radius 3 is 2.74 bits per heavy atom. The second-order valence-electron chi connectivity index (χ2n) is 6.83. The van der Waals surface area contributed by atoms with Gasteiger partial charge in [0.15, 0.2) is 0 Å². The summed E-state index contributed by atoms with van der Waals surface area (Å²) in [5.41, 5.74) is 0. The van der Waals surface area contributed by atoms with Gasteiger partial charge < -0.3 is 5.32 Å². The minimum atomic E-state index is 0.819. The fraction of sp³-hybridized carbons (Fsp3) is 0.889. The Morgan fingerprint density at radius 1 is 1.21 bits per heavy atom. The van der Waals surface area contributed by atoms with E-state index in [0.717, 1.165) is 23.8 Å². The van der Waals surface area contributed by atoms with Gasteiger partial charge in [0.25, 0.3) is 0 Å². The second-order valence-corrected chi connectivity index (χ2v) is 6.83. The van der Waals surface area contributed by atoms with Gasteiger partial charge in [0.05, 0.1) is 0 Å². The minimum absolute atomic E-state index is 0.819. The molecule has 1 N–H and O–H groups in total. The molecule has 4 unspecified atom stereocenters. The maximum atomic E-state index is 3.87. The van der Waals surface area contributed by atoms with E-state index in [2.05, 4.69) is 24.9 Å². The van der Waals surface area contributed by atoms with E-state index < -0.39 is 0 Å². The Labute approximate surface area is 120 Å². The number of fused-ring (bicyclic) bond motifs is 2. The van der Waals surface area contributed by atoms with E-state index in [0.29, 0.717) is 0 Å². The monoisotopic (exact) mass is 263 g/mol. The fourth-order valence-corrected chi connectivity index (χ4v) is 4.41. The zero-order valence-electron chi connectivity index (χ0n) is 12.9. The summed E-state index contributed by atoms with van der Waals surface area (Å²) in [7, 11) is 0. The first-order valence-corrected chi connectivity index (χ1v) is 8.69. The molecule has 1 heteroatoms. The molecule has 19 heavy (non-hydrogen) atoms. The molecule has 2 fully saturated rings. The zero-order valence-corrected chi connectivity index (χ0v) is 12.9. The third kappa shape index (κ3) is 4.34. The highest BCUT2D eigenvalue weighted by molar-refractivity contribution is 4.95. The molecule has 0 aromatic rings. The van der Waals surface area contributed by atoms with Gasteiger partial charge in [0, 0.05) is 6.04 Å². The normalized spacial score (nSPS) is 30.7. The van der Waals surface area contributed by atoms with E-state index in [1.165, 1.54) is 64.3 Å². The van der Waals surface area contributed by atoms with Gasteiger partial charge in [0.2, 0.25) is 0 Å². The fourth-order valence-electron chi connectivity index (χ4n) is 4.41. The van der Waals surface area contributed by atoms with Crippen molar-refractivity contribution in [1.29, 1.82) is 0 Å². The molecule has 0 saturated heterocycles. The zero-order chi connectivity index (χ0) is 13.5. The molecule has 2 aliphatic rings.